The predicted octanol–water partition coefficient (Wildman–Crippen LogP) is 4.65. The number of hydrogen-bond donors (Lipinski definition) is 2. The summed E-state index contributed by atoms with van der Waals surface area (Å²) in [7, 11) is 0. The summed E-state index contributed by atoms with van der Waals surface area (Å²) < 4.78 is 0. The molecule has 1 aliphatic rings. The molecule has 0 bridgehead atoms. The SMILES string of the molecule is CCC(C)/C=C(/Nc1cccc(C)c1)C1=C(C)CCNC1. The molecule has 114 valence electrons. The van der Waals surface area contributed by atoms with Gasteiger partial charge in [0, 0.05) is 17.9 Å². The number of aryl methyl sites for hydroxylation is 1. The highest BCUT2D eigenvalue weighted by atomic mass is 14.9. The summed E-state index contributed by atoms with van der Waals surface area (Å²) in [6.07, 6.45) is 4.69. The molecule has 1 aliphatic heterocycles. The van der Waals surface area contributed by atoms with Crippen LogP contribution in [0.15, 0.2) is 47.2 Å². The van der Waals surface area contributed by atoms with Gasteiger partial charge in [-0.3, -0.25) is 0 Å². The summed E-state index contributed by atoms with van der Waals surface area (Å²) >= 11 is 0. The van der Waals surface area contributed by atoms with Crippen molar-refractivity contribution in [1.82, 2.24) is 5.32 Å². The minimum Gasteiger partial charge on any atom is -0.356 e. The van der Waals surface area contributed by atoms with Gasteiger partial charge in [-0.1, -0.05) is 44.1 Å². The molecule has 1 aromatic carbocycles. The van der Waals surface area contributed by atoms with Crippen molar-refractivity contribution in [2.24, 2.45) is 5.92 Å². The first-order valence-corrected chi connectivity index (χ1v) is 8.05. The number of benzene rings is 1. The van der Waals surface area contributed by atoms with E-state index in [1.165, 1.54) is 34.5 Å². The van der Waals surface area contributed by atoms with Gasteiger partial charge in [-0.05, 0) is 56.0 Å². The molecule has 0 aromatic heterocycles. The van der Waals surface area contributed by atoms with Gasteiger partial charge in [0.15, 0.2) is 0 Å². The van der Waals surface area contributed by atoms with E-state index in [9.17, 15) is 0 Å². The van der Waals surface area contributed by atoms with E-state index in [1.807, 2.05) is 0 Å². The molecule has 1 atom stereocenters. The first kappa shape index (κ1) is 15.8. The Morgan fingerprint density at radius 3 is 2.86 bits per heavy atom. The zero-order valence-corrected chi connectivity index (χ0v) is 13.8. The maximum atomic E-state index is 3.65. The average molecular weight is 284 g/mol. The largest absolute Gasteiger partial charge is 0.356 e. The molecule has 1 unspecified atom stereocenters. The topological polar surface area (TPSA) is 24.1 Å². The van der Waals surface area contributed by atoms with Crippen molar-refractivity contribution >= 4 is 5.69 Å². The van der Waals surface area contributed by atoms with Crippen molar-refractivity contribution in [3.05, 3.63) is 52.7 Å². The van der Waals surface area contributed by atoms with Crippen molar-refractivity contribution in [2.75, 3.05) is 18.4 Å². The summed E-state index contributed by atoms with van der Waals surface area (Å²) in [4.78, 5) is 0. The summed E-state index contributed by atoms with van der Waals surface area (Å²) in [5.41, 5.74) is 6.68. The van der Waals surface area contributed by atoms with E-state index >= 15 is 0 Å². The number of allylic oxidation sites excluding steroid dienone is 1. The van der Waals surface area contributed by atoms with Crippen LogP contribution < -0.4 is 10.6 Å². The molecule has 2 heteroatoms. The fraction of sp³-hybridized carbons (Fsp3) is 0.474. The fourth-order valence-corrected chi connectivity index (χ4v) is 2.61. The van der Waals surface area contributed by atoms with E-state index in [2.05, 4.69) is 68.7 Å². The lowest BCUT2D eigenvalue weighted by Gasteiger charge is -2.24. The lowest BCUT2D eigenvalue weighted by molar-refractivity contribution is 0.669. The summed E-state index contributed by atoms with van der Waals surface area (Å²) in [6.45, 7) is 11.0. The molecular weight excluding hydrogens is 256 g/mol. The first-order valence-electron chi connectivity index (χ1n) is 8.05. The van der Waals surface area contributed by atoms with E-state index < -0.39 is 0 Å². The van der Waals surface area contributed by atoms with Crippen LogP contribution in [-0.2, 0) is 0 Å². The van der Waals surface area contributed by atoms with Crippen LogP contribution in [0.25, 0.3) is 0 Å². The highest BCUT2D eigenvalue weighted by Crippen LogP contribution is 2.24. The number of anilines is 1. The lowest BCUT2D eigenvalue weighted by Crippen LogP contribution is -2.27. The molecule has 1 aromatic rings. The third-order valence-electron chi connectivity index (χ3n) is 4.21. The molecule has 0 aliphatic carbocycles. The van der Waals surface area contributed by atoms with Crippen molar-refractivity contribution in [2.45, 2.75) is 40.5 Å². The van der Waals surface area contributed by atoms with Gasteiger partial charge in [0.25, 0.3) is 0 Å². The zero-order valence-electron chi connectivity index (χ0n) is 13.8. The standard InChI is InChI=1S/C19H28N2/c1-5-14(2)12-19(18-13-20-10-9-16(18)4)21-17-8-6-7-15(3)11-17/h6-8,11-12,14,20-21H,5,9-10,13H2,1-4H3/b19-12+. The highest BCUT2D eigenvalue weighted by Gasteiger charge is 2.14. The van der Waals surface area contributed by atoms with E-state index in [1.54, 1.807) is 0 Å². The predicted molar refractivity (Wildman–Crippen MR) is 92.5 cm³/mol. The Labute approximate surface area is 129 Å². The maximum absolute atomic E-state index is 3.65. The Morgan fingerprint density at radius 1 is 1.38 bits per heavy atom. The van der Waals surface area contributed by atoms with Crippen LogP contribution in [-0.4, -0.2) is 13.1 Å². The van der Waals surface area contributed by atoms with Crippen LogP contribution in [0.5, 0.6) is 0 Å². The molecule has 2 nitrogen and oxygen atoms in total. The van der Waals surface area contributed by atoms with Crippen molar-refractivity contribution in [3.8, 4) is 0 Å². The van der Waals surface area contributed by atoms with Crippen LogP contribution in [0.4, 0.5) is 5.69 Å². The smallest absolute Gasteiger partial charge is 0.0391 e. The average Bonchev–Trinajstić information content (AvgIpc) is 2.47. The molecular formula is C19H28N2. The molecule has 21 heavy (non-hydrogen) atoms. The van der Waals surface area contributed by atoms with Gasteiger partial charge in [0.05, 0.1) is 0 Å². The highest BCUT2D eigenvalue weighted by molar-refractivity contribution is 5.56. The molecule has 0 fully saturated rings. The van der Waals surface area contributed by atoms with Crippen LogP contribution in [0, 0.1) is 12.8 Å². The van der Waals surface area contributed by atoms with Gasteiger partial charge >= 0.3 is 0 Å². The van der Waals surface area contributed by atoms with Crippen LogP contribution in [0.3, 0.4) is 0 Å². The third kappa shape index (κ3) is 4.47. The Morgan fingerprint density at radius 2 is 2.19 bits per heavy atom. The Kier molecular flexibility index (Phi) is 5.63. The minimum absolute atomic E-state index is 0.583. The normalized spacial score (nSPS) is 17.8. The van der Waals surface area contributed by atoms with E-state index in [-0.39, 0.29) is 0 Å². The van der Waals surface area contributed by atoms with Crippen molar-refractivity contribution in [3.63, 3.8) is 0 Å². The fourth-order valence-electron chi connectivity index (χ4n) is 2.61. The zero-order chi connectivity index (χ0) is 15.2. The minimum atomic E-state index is 0.583. The summed E-state index contributed by atoms with van der Waals surface area (Å²) in [6, 6.07) is 8.59. The molecule has 1 heterocycles. The van der Waals surface area contributed by atoms with Crippen LogP contribution in [0.2, 0.25) is 0 Å². The monoisotopic (exact) mass is 284 g/mol. The molecule has 2 rings (SSSR count). The second kappa shape index (κ2) is 7.46. The van der Waals surface area contributed by atoms with E-state index in [0.717, 1.165) is 19.5 Å². The second-order valence-corrected chi connectivity index (χ2v) is 6.15. The van der Waals surface area contributed by atoms with Gasteiger partial charge in [-0.2, -0.15) is 0 Å². The van der Waals surface area contributed by atoms with Gasteiger partial charge in [-0.15, -0.1) is 0 Å². The Bertz CT molecular complexity index is 540. The molecule has 0 amide bonds. The quantitative estimate of drug-likeness (QED) is 0.822. The summed E-state index contributed by atoms with van der Waals surface area (Å²) in [5, 5.41) is 7.14. The van der Waals surface area contributed by atoms with Gasteiger partial charge in [0.2, 0.25) is 0 Å². The van der Waals surface area contributed by atoms with Crippen LogP contribution >= 0.6 is 0 Å². The number of rotatable bonds is 5. The molecule has 0 radical (unpaired) electrons. The number of hydrogen-bond acceptors (Lipinski definition) is 2. The van der Waals surface area contributed by atoms with Crippen molar-refractivity contribution < 1.29 is 0 Å². The second-order valence-electron chi connectivity index (χ2n) is 6.15. The maximum Gasteiger partial charge on any atom is 0.0391 e. The Hall–Kier alpha value is -1.54. The molecule has 2 N–H and O–H groups in total. The number of nitrogens with one attached hydrogen (secondary N) is 2. The van der Waals surface area contributed by atoms with Gasteiger partial charge < -0.3 is 10.6 Å². The van der Waals surface area contributed by atoms with Crippen molar-refractivity contribution in [1.29, 1.82) is 0 Å². The summed E-state index contributed by atoms with van der Waals surface area (Å²) in [5.74, 6) is 0.583. The molecule has 0 saturated carbocycles. The van der Waals surface area contributed by atoms with Crippen LogP contribution in [0.1, 0.15) is 39.2 Å². The van der Waals surface area contributed by atoms with Gasteiger partial charge in [-0.25, -0.2) is 0 Å². The van der Waals surface area contributed by atoms with Gasteiger partial charge in [0.1, 0.15) is 0 Å². The van der Waals surface area contributed by atoms with E-state index in [0.29, 0.717) is 5.92 Å². The first-order chi connectivity index (χ1) is 10.1. The molecule has 0 saturated heterocycles. The third-order valence-corrected chi connectivity index (χ3v) is 4.21. The Balaban J connectivity index is 2.30. The molecule has 0 spiro atoms. The lowest BCUT2D eigenvalue weighted by atomic mass is 9.96. The van der Waals surface area contributed by atoms with E-state index in [4.69, 9.17) is 0 Å².